The molecule has 1 aliphatic heterocycles. The number of nitrogens with one attached hydrogen (secondary N) is 1. The second-order valence-electron chi connectivity index (χ2n) is 8.48. The van der Waals surface area contributed by atoms with Gasteiger partial charge in [0.05, 0.1) is 0 Å². The van der Waals surface area contributed by atoms with Crippen LogP contribution in [0, 0.1) is 5.41 Å². The minimum atomic E-state index is -0.171. The number of hydrogen-bond donors (Lipinski definition) is 1. The maximum absolute atomic E-state index is 12.8. The number of benzene rings is 2. The molecule has 0 radical (unpaired) electrons. The number of hydrogen-bond acceptors (Lipinski definition) is 3. The van der Waals surface area contributed by atoms with E-state index in [0.717, 1.165) is 34.6 Å². The summed E-state index contributed by atoms with van der Waals surface area (Å²) >= 11 is 0. The summed E-state index contributed by atoms with van der Waals surface area (Å²) in [5.74, 6) is 0.744. The van der Waals surface area contributed by atoms with Crippen molar-refractivity contribution in [3.63, 3.8) is 0 Å². The Labute approximate surface area is 165 Å². The molecule has 0 unspecified atom stereocenters. The highest BCUT2D eigenvalue weighted by Gasteiger charge is 2.40. The SMILES string of the molecule is CC1(C)CC(=O)C2=C(C1)NC(=O)C[C@H]2c1ccc(OCc2ccccc2)cc1. The van der Waals surface area contributed by atoms with Gasteiger partial charge in [-0.05, 0) is 35.1 Å². The molecule has 0 fully saturated rings. The topological polar surface area (TPSA) is 55.4 Å². The van der Waals surface area contributed by atoms with Crippen molar-refractivity contribution in [3.05, 3.63) is 77.0 Å². The molecule has 4 nitrogen and oxygen atoms in total. The molecule has 0 spiro atoms. The molecule has 1 amide bonds. The van der Waals surface area contributed by atoms with Crippen molar-refractivity contribution in [3.8, 4) is 5.75 Å². The van der Waals surface area contributed by atoms with E-state index in [9.17, 15) is 9.59 Å². The monoisotopic (exact) mass is 375 g/mol. The van der Waals surface area contributed by atoms with Gasteiger partial charge in [0.1, 0.15) is 12.4 Å². The van der Waals surface area contributed by atoms with E-state index >= 15 is 0 Å². The number of carbonyl (C=O) groups is 2. The Bertz CT molecular complexity index is 926. The van der Waals surface area contributed by atoms with E-state index in [1.807, 2.05) is 54.6 Å². The fourth-order valence-corrected chi connectivity index (χ4v) is 4.18. The van der Waals surface area contributed by atoms with Gasteiger partial charge in [0.2, 0.25) is 5.91 Å². The summed E-state index contributed by atoms with van der Waals surface area (Å²) in [7, 11) is 0. The molecule has 1 heterocycles. The fourth-order valence-electron chi connectivity index (χ4n) is 4.18. The van der Waals surface area contributed by atoms with E-state index in [-0.39, 0.29) is 23.0 Å². The predicted molar refractivity (Wildman–Crippen MR) is 108 cm³/mol. The van der Waals surface area contributed by atoms with Gasteiger partial charge in [-0.2, -0.15) is 0 Å². The Kier molecular flexibility index (Phi) is 4.80. The first-order chi connectivity index (χ1) is 13.4. The molecule has 4 heteroatoms. The lowest BCUT2D eigenvalue weighted by Crippen LogP contribution is -2.40. The Morgan fingerprint density at radius 3 is 2.43 bits per heavy atom. The van der Waals surface area contributed by atoms with Crippen LogP contribution in [0.3, 0.4) is 0 Å². The van der Waals surface area contributed by atoms with Crippen LogP contribution in [0.4, 0.5) is 0 Å². The Morgan fingerprint density at radius 2 is 1.71 bits per heavy atom. The summed E-state index contributed by atoms with van der Waals surface area (Å²) in [4.78, 5) is 25.1. The third kappa shape index (κ3) is 3.86. The van der Waals surface area contributed by atoms with E-state index in [0.29, 0.717) is 19.4 Å². The standard InChI is InChI=1S/C24H25NO3/c1-24(2)13-20-23(21(26)14-24)19(12-22(27)25-20)17-8-10-18(11-9-17)28-15-16-6-4-3-5-7-16/h3-11,19H,12-15H2,1-2H3,(H,25,27)/t19-/m0/s1. The largest absolute Gasteiger partial charge is 0.489 e. The average Bonchev–Trinajstić information content (AvgIpc) is 2.65. The highest BCUT2D eigenvalue weighted by molar-refractivity contribution is 6.02. The first-order valence-corrected chi connectivity index (χ1v) is 9.74. The quantitative estimate of drug-likeness (QED) is 0.855. The Balaban J connectivity index is 1.54. The van der Waals surface area contributed by atoms with Gasteiger partial charge in [-0.3, -0.25) is 9.59 Å². The molecular weight excluding hydrogens is 350 g/mol. The Morgan fingerprint density at radius 1 is 1.00 bits per heavy atom. The molecular formula is C24H25NO3. The predicted octanol–water partition coefficient (Wildman–Crippen LogP) is 4.51. The van der Waals surface area contributed by atoms with Crippen LogP contribution in [0.15, 0.2) is 65.9 Å². The zero-order valence-corrected chi connectivity index (χ0v) is 16.3. The molecule has 144 valence electrons. The Hall–Kier alpha value is -2.88. The lowest BCUT2D eigenvalue weighted by atomic mass is 9.70. The molecule has 0 bridgehead atoms. The number of carbonyl (C=O) groups excluding carboxylic acids is 2. The number of allylic oxidation sites excluding steroid dienone is 2. The fraction of sp³-hybridized carbons (Fsp3) is 0.333. The number of amides is 1. The van der Waals surface area contributed by atoms with Crippen molar-refractivity contribution in [1.29, 1.82) is 0 Å². The van der Waals surface area contributed by atoms with Crippen LogP contribution >= 0.6 is 0 Å². The molecule has 2 aromatic rings. The van der Waals surface area contributed by atoms with Crippen molar-refractivity contribution < 1.29 is 14.3 Å². The van der Waals surface area contributed by atoms with Crippen molar-refractivity contribution >= 4 is 11.7 Å². The minimum absolute atomic E-state index is 0.0151. The summed E-state index contributed by atoms with van der Waals surface area (Å²) in [6.07, 6.45) is 1.57. The minimum Gasteiger partial charge on any atom is -0.489 e. The van der Waals surface area contributed by atoms with Crippen LogP contribution in [-0.4, -0.2) is 11.7 Å². The molecule has 1 aliphatic carbocycles. The lowest BCUT2D eigenvalue weighted by molar-refractivity contribution is -0.122. The van der Waals surface area contributed by atoms with Gasteiger partial charge in [0, 0.05) is 30.0 Å². The van der Waals surface area contributed by atoms with Crippen LogP contribution in [0.5, 0.6) is 5.75 Å². The molecule has 4 rings (SSSR count). The van der Waals surface area contributed by atoms with Crippen LogP contribution in [-0.2, 0) is 16.2 Å². The third-order valence-electron chi connectivity index (χ3n) is 5.48. The average molecular weight is 375 g/mol. The lowest BCUT2D eigenvalue weighted by Gasteiger charge is -2.37. The number of ether oxygens (including phenoxy) is 1. The maximum Gasteiger partial charge on any atom is 0.225 e. The highest BCUT2D eigenvalue weighted by atomic mass is 16.5. The van der Waals surface area contributed by atoms with E-state index in [1.165, 1.54) is 0 Å². The van der Waals surface area contributed by atoms with Gasteiger partial charge in [0.15, 0.2) is 5.78 Å². The van der Waals surface area contributed by atoms with Gasteiger partial charge in [0.25, 0.3) is 0 Å². The molecule has 0 saturated heterocycles. The van der Waals surface area contributed by atoms with Gasteiger partial charge < -0.3 is 10.1 Å². The van der Waals surface area contributed by atoms with Crippen molar-refractivity contribution in [2.45, 2.75) is 45.6 Å². The number of ketones is 1. The zero-order chi connectivity index (χ0) is 19.7. The van der Waals surface area contributed by atoms with Crippen molar-refractivity contribution in [2.75, 3.05) is 0 Å². The van der Waals surface area contributed by atoms with Crippen molar-refractivity contribution in [1.82, 2.24) is 5.32 Å². The summed E-state index contributed by atoms with van der Waals surface area (Å²) in [5.41, 5.74) is 3.59. The van der Waals surface area contributed by atoms with E-state index in [2.05, 4.69) is 19.2 Å². The first kappa shape index (κ1) is 18.5. The molecule has 2 aliphatic rings. The molecule has 0 aromatic heterocycles. The third-order valence-corrected chi connectivity index (χ3v) is 5.48. The van der Waals surface area contributed by atoms with Gasteiger partial charge >= 0.3 is 0 Å². The molecule has 1 atom stereocenters. The maximum atomic E-state index is 12.8. The summed E-state index contributed by atoms with van der Waals surface area (Å²) < 4.78 is 5.85. The van der Waals surface area contributed by atoms with Gasteiger partial charge in [-0.15, -0.1) is 0 Å². The molecule has 0 saturated carbocycles. The van der Waals surface area contributed by atoms with Crippen LogP contribution in [0.1, 0.15) is 50.2 Å². The summed E-state index contributed by atoms with van der Waals surface area (Å²) in [6, 6.07) is 17.8. The number of Topliss-reactive ketones (excluding diaryl/α,β-unsaturated/α-hetero) is 1. The molecule has 28 heavy (non-hydrogen) atoms. The smallest absolute Gasteiger partial charge is 0.225 e. The van der Waals surface area contributed by atoms with E-state index in [4.69, 9.17) is 4.74 Å². The second kappa shape index (κ2) is 7.27. The summed E-state index contributed by atoms with van der Waals surface area (Å²) in [5, 5.41) is 2.95. The first-order valence-electron chi connectivity index (χ1n) is 9.74. The van der Waals surface area contributed by atoms with Crippen LogP contribution < -0.4 is 10.1 Å². The van der Waals surface area contributed by atoms with Crippen molar-refractivity contribution in [2.24, 2.45) is 5.41 Å². The van der Waals surface area contributed by atoms with Crippen LogP contribution in [0.25, 0.3) is 0 Å². The normalized spacial score (nSPS) is 21.1. The van der Waals surface area contributed by atoms with Gasteiger partial charge in [-0.1, -0.05) is 56.3 Å². The van der Waals surface area contributed by atoms with E-state index in [1.54, 1.807) is 0 Å². The zero-order valence-electron chi connectivity index (χ0n) is 16.3. The molecule has 1 N–H and O–H groups in total. The second-order valence-corrected chi connectivity index (χ2v) is 8.48. The molecule has 2 aromatic carbocycles. The summed E-state index contributed by atoms with van der Waals surface area (Å²) in [6.45, 7) is 4.65. The number of rotatable bonds is 4. The highest BCUT2D eigenvalue weighted by Crippen LogP contribution is 2.44. The van der Waals surface area contributed by atoms with Crippen LogP contribution in [0.2, 0.25) is 0 Å². The van der Waals surface area contributed by atoms with E-state index < -0.39 is 0 Å². The van der Waals surface area contributed by atoms with Gasteiger partial charge in [-0.25, -0.2) is 0 Å².